The molecule has 24 heavy (non-hydrogen) atoms. The summed E-state index contributed by atoms with van der Waals surface area (Å²) in [5, 5.41) is 5.54. The number of hydrogen-bond acceptors (Lipinski definition) is 4. The molecule has 126 valence electrons. The first-order chi connectivity index (χ1) is 11.6. The molecular weight excluding hydrogens is 306 g/mol. The van der Waals surface area contributed by atoms with Gasteiger partial charge in [0.25, 0.3) is 5.91 Å². The number of amides is 2. The summed E-state index contributed by atoms with van der Waals surface area (Å²) in [7, 11) is 0. The Morgan fingerprint density at radius 3 is 2.58 bits per heavy atom. The van der Waals surface area contributed by atoms with Gasteiger partial charge in [-0.05, 0) is 44.0 Å². The van der Waals surface area contributed by atoms with Crippen molar-refractivity contribution in [3.05, 3.63) is 48.4 Å². The van der Waals surface area contributed by atoms with Crippen LogP contribution in [0.5, 0.6) is 0 Å². The van der Waals surface area contributed by atoms with Crippen LogP contribution >= 0.6 is 0 Å². The topological polar surface area (TPSA) is 74.6 Å². The van der Waals surface area contributed by atoms with Gasteiger partial charge in [-0.25, -0.2) is 0 Å². The van der Waals surface area contributed by atoms with E-state index in [2.05, 4.69) is 15.5 Å². The molecule has 1 unspecified atom stereocenters. The van der Waals surface area contributed by atoms with E-state index in [0.717, 1.165) is 37.3 Å². The quantitative estimate of drug-likeness (QED) is 0.885. The molecule has 1 saturated heterocycles. The van der Waals surface area contributed by atoms with Gasteiger partial charge in [0.2, 0.25) is 5.91 Å². The van der Waals surface area contributed by atoms with Crippen molar-refractivity contribution in [2.75, 3.05) is 23.3 Å². The fourth-order valence-corrected chi connectivity index (χ4v) is 2.80. The standard InChI is InChI=1S/C18H21N3O3/c1-13(19-18(23)16-9-6-12-24-16)17(22)20-14-7-2-3-8-15(14)21-10-4-5-11-21/h2-3,6-9,12-13H,4-5,10-11H2,1H3,(H,19,23)(H,20,22). The maximum Gasteiger partial charge on any atom is 0.287 e. The second-order valence-corrected chi connectivity index (χ2v) is 5.87. The third-order valence-corrected chi connectivity index (χ3v) is 4.09. The molecule has 0 radical (unpaired) electrons. The molecule has 0 bridgehead atoms. The highest BCUT2D eigenvalue weighted by Crippen LogP contribution is 2.28. The lowest BCUT2D eigenvalue weighted by Gasteiger charge is -2.22. The summed E-state index contributed by atoms with van der Waals surface area (Å²) in [6.07, 6.45) is 3.75. The number of carbonyl (C=O) groups excluding carboxylic acids is 2. The van der Waals surface area contributed by atoms with Crippen molar-refractivity contribution in [2.45, 2.75) is 25.8 Å². The second kappa shape index (κ2) is 7.21. The molecule has 0 aliphatic carbocycles. The van der Waals surface area contributed by atoms with Gasteiger partial charge in [0.1, 0.15) is 6.04 Å². The number of benzene rings is 1. The number of para-hydroxylation sites is 2. The van der Waals surface area contributed by atoms with Gasteiger partial charge in [-0.2, -0.15) is 0 Å². The van der Waals surface area contributed by atoms with Crippen LogP contribution in [-0.4, -0.2) is 30.9 Å². The highest BCUT2D eigenvalue weighted by Gasteiger charge is 2.21. The Morgan fingerprint density at radius 2 is 1.88 bits per heavy atom. The molecular formula is C18H21N3O3. The summed E-state index contributed by atoms with van der Waals surface area (Å²) in [6.45, 7) is 3.64. The van der Waals surface area contributed by atoms with Crippen LogP contribution in [0.3, 0.4) is 0 Å². The Labute approximate surface area is 140 Å². The SMILES string of the molecule is CC(NC(=O)c1ccco1)C(=O)Nc1ccccc1N1CCCC1. The molecule has 2 heterocycles. The van der Waals surface area contributed by atoms with Crippen LogP contribution in [0.2, 0.25) is 0 Å². The zero-order chi connectivity index (χ0) is 16.9. The molecule has 6 nitrogen and oxygen atoms in total. The Morgan fingerprint density at radius 1 is 1.12 bits per heavy atom. The van der Waals surface area contributed by atoms with Crippen LogP contribution < -0.4 is 15.5 Å². The van der Waals surface area contributed by atoms with Crippen LogP contribution in [0.15, 0.2) is 47.1 Å². The third kappa shape index (κ3) is 3.59. The van der Waals surface area contributed by atoms with E-state index >= 15 is 0 Å². The summed E-state index contributed by atoms with van der Waals surface area (Å²) < 4.78 is 5.03. The molecule has 6 heteroatoms. The van der Waals surface area contributed by atoms with E-state index in [1.54, 1.807) is 19.1 Å². The molecule has 1 aliphatic rings. The van der Waals surface area contributed by atoms with Crippen LogP contribution in [0.25, 0.3) is 0 Å². The zero-order valence-corrected chi connectivity index (χ0v) is 13.6. The van der Waals surface area contributed by atoms with Crippen molar-refractivity contribution >= 4 is 23.2 Å². The Bertz CT molecular complexity index is 706. The van der Waals surface area contributed by atoms with Crippen molar-refractivity contribution < 1.29 is 14.0 Å². The Kier molecular flexibility index (Phi) is 4.84. The van der Waals surface area contributed by atoms with Crippen LogP contribution in [0.4, 0.5) is 11.4 Å². The summed E-state index contributed by atoms with van der Waals surface area (Å²) in [5.74, 6) is -0.482. The van der Waals surface area contributed by atoms with E-state index in [0.29, 0.717) is 0 Å². The first kappa shape index (κ1) is 16.1. The second-order valence-electron chi connectivity index (χ2n) is 5.87. The first-order valence-corrected chi connectivity index (χ1v) is 8.14. The normalized spacial score (nSPS) is 15.1. The molecule has 1 aromatic heterocycles. The van der Waals surface area contributed by atoms with Crippen LogP contribution in [0, 0.1) is 0 Å². The molecule has 2 amide bonds. The number of rotatable bonds is 5. The minimum absolute atomic E-state index is 0.187. The van der Waals surface area contributed by atoms with Gasteiger partial charge in [0, 0.05) is 13.1 Å². The number of carbonyl (C=O) groups is 2. The Balaban J connectivity index is 1.65. The van der Waals surface area contributed by atoms with Crippen molar-refractivity contribution in [1.82, 2.24) is 5.32 Å². The van der Waals surface area contributed by atoms with E-state index in [1.807, 2.05) is 24.3 Å². The molecule has 2 N–H and O–H groups in total. The maximum atomic E-state index is 12.4. The molecule has 1 atom stereocenters. The third-order valence-electron chi connectivity index (χ3n) is 4.09. The number of nitrogens with one attached hydrogen (secondary N) is 2. The van der Waals surface area contributed by atoms with Crippen LogP contribution in [0.1, 0.15) is 30.3 Å². The zero-order valence-electron chi connectivity index (χ0n) is 13.6. The van der Waals surface area contributed by atoms with E-state index in [9.17, 15) is 9.59 Å². The van der Waals surface area contributed by atoms with E-state index < -0.39 is 11.9 Å². The number of nitrogens with zero attached hydrogens (tertiary/aromatic N) is 1. The summed E-state index contributed by atoms with van der Waals surface area (Å²) in [6, 6.07) is 10.3. The monoisotopic (exact) mass is 327 g/mol. The molecule has 3 rings (SSSR count). The summed E-state index contributed by atoms with van der Waals surface area (Å²) in [4.78, 5) is 26.6. The lowest BCUT2D eigenvalue weighted by Crippen LogP contribution is -2.41. The van der Waals surface area contributed by atoms with Gasteiger partial charge in [-0.1, -0.05) is 12.1 Å². The lowest BCUT2D eigenvalue weighted by molar-refractivity contribution is -0.117. The first-order valence-electron chi connectivity index (χ1n) is 8.14. The fourth-order valence-electron chi connectivity index (χ4n) is 2.80. The molecule has 0 spiro atoms. The number of anilines is 2. The minimum Gasteiger partial charge on any atom is -0.459 e. The van der Waals surface area contributed by atoms with E-state index in [-0.39, 0.29) is 11.7 Å². The number of hydrogen-bond donors (Lipinski definition) is 2. The van der Waals surface area contributed by atoms with Gasteiger partial charge < -0.3 is 20.0 Å². The van der Waals surface area contributed by atoms with Crippen molar-refractivity contribution in [2.24, 2.45) is 0 Å². The van der Waals surface area contributed by atoms with Gasteiger partial charge in [0.05, 0.1) is 17.6 Å². The average molecular weight is 327 g/mol. The van der Waals surface area contributed by atoms with Crippen molar-refractivity contribution in [3.8, 4) is 0 Å². The Hall–Kier alpha value is -2.76. The van der Waals surface area contributed by atoms with Gasteiger partial charge >= 0.3 is 0 Å². The molecule has 1 aromatic carbocycles. The summed E-state index contributed by atoms with van der Waals surface area (Å²) >= 11 is 0. The highest BCUT2D eigenvalue weighted by atomic mass is 16.3. The number of furan rings is 1. The predicted octanol–water partition coefficient (Wildman–Crippen LogP) is 2.64. The highest BCUT2D eigenvalue weighted by molar-refractivity contribution is 6.01. The minimum atomic E-state index is -0.672. The average Bonchev–Trinajstić information content (AvgIpc) is 3.29. The van der Waals surface area contributed by atoms with Crippen LogP contribution in [-0.2, 0) is 4.79 Å². The van der Waals surface area contributed by atoms with Crippen molar-refractivity contribution in [1.29, 1.82) is 0 Å². The largest absolute Gasteiger partial charge is 0.459 e. The maximum absolute atomic E-state index is 12.4. The smallest absolute Gasteiger partial charge is 0.287 e. The molecule has 1 aliphatic heterocycles. The molecule has 1 fully saturated rings. The predicted molar refractivity (Wildman–Crippen MR) is 92.2 cm³/mol. The van der Waals surface area contributed by atoms with Crippen molar-refractivity contribution in [3.63, 3.8) is 0 Å². The lowest BCUT2D eigenvalue weighted by atomic mass is 10.2. The fraction of sp³-hybridized carbons (Fsp3) is 0.333. The summed E-state index contributed by atoms with van der Waals surface area (Å²) in [5.41, 5.74) is 1.79. The molecule has 2 aromatic rings. The van der Waals surface area contributed by atoms with E-state index in [1.165, 1.54) is 6.26 Å². The van der Waals surface area contributed by atoms with Gasteiger partial charge in [-0.15, -0.1) is 0 Å². The van der Waals surface area contributed by atoms with Gasteiger partial charge in [-0.3, -0.25) is 9.59 Å². The van der Waals surface area contributed by atoms with E-state index in [4.69, 9.17) is 4.42 Å². The molecule has 0 saturated carbocycles. The van der Waals surface area contributed by atoms with Gasteiger partial charge in [0.15, 0.2) is 5.76 Å².